The molecule has 108 valence electrons. The third-order valence-electron chi connectivity index (χ3n) is 3.83. The standard InChI is InChI=1S/C16H22N2OS/c1-12-10-13(2)16-14(11-12)17-15(20-16)4-3-5-18-6-8-19-9-7-18/h10-11H,3-9H2,1-2H3. The summed E-state index contributed by atoms with van der Waals surface area (Å²) in [6, 6.07) is 4.45. The van der Waals surface area contributed by atoms with Gasteiger partial charge in [0.05, 0.1) is 28.4 Å². The van der Waals surface area contributed by atoms with Crippen molar-refractivity contribution in [1.82, 2.24) is 9.88 Å². The smallest absolute Gasteiger partial charge is 0.0939 e. The lowest BCUT2D eigenvalue weighted by atomic mass is 10.1. The molecule has 3 rings (SSSR count). The summed E-state index contributed by atoms with van der Waals surface area (Å²) in [6.45, 7) is 9.43. The van der Waals surface area contributed by atoms with Crippen molar-refractivity contribution < 1.29 is 4.74 Å². The van der Waals surface area contributed by atoms with E-state index >= 15 is 0 Å². The van der Waals surface area contributed by atoms with Crippen molar-refractivity contribution in [3.8, 4) is 0 Å². The van der Waals surface area contributed by atoms with Gasteiger partial charge in [-0.15, -0.1) is 11.3 Å². The van der Waals surface area contributed by atoms with Crippen molar-refractivity contribution in [2.75, 3.05) is 32.8 Å². The second kappa shape index (κ2) is 6.20. The van der Waals surface area contributed by atoms with Crippen LogP contribution in [0.2, 0.25) is 0 Å². The number of fused-ring (bicyclic) bond motifs is 1. The summed E-state index contributed by atoms with van der Waals surface area (Å²) in [5, 5.41) is 1.28. The van der Waals surface area contributed by atoms with Crippen molar-refractivity contribution in [3.63, 3.8) is 0 Å². The van der Waals surface area contributed by atoms with Crippen molar-refractivity contribution in [2.45, 2.75) is 26.7 Å². The maximum atomic E-state index is 5.38. The average Bonchev–Trinajstić information content (AvgIpc) is 2.83. The van der Waals surface area contributed by atoms with Gasteiger partial charge in [0.25, 0.3) is 0 Å². The molecule has 1 saturated heterocycles. The minimum absolute atomic E-state index is 0.889. The van der Waals surface area contributed by atoms with Gasteiger partial charge in [0, 0.05) is 19.5 Å². The van der Waals surface area contributed by atoms with Gasteiger partial charge in [0.15, 0.2) is 0 Å². The van der Waals surface area contributed by atoms with Crippen LogP contribution in [0.15, 0.2) is 12.1 Å². The minimum Gasteiger partial charge on any atom is -0.379 e. The fourth-order valence-corrected chi connectivity index (χ4v) is 3.86. The predicted octanol–water partition coefficient (Wildman–Crippen LogP) is 3.18. The van der Waals surface area contributed by atoms with E-state index in [1.165, 1.54) is 32.8 Å². The predicted molar refractivity (Wildman–Crippen MR) is 84.7 cm³/mol. The maximum absolute atomic E-state index is 5.38. The highest BCUT2D eigenvalue weighted by atomic mass is 32.1. The second-order valence-electron chi connectivity index (χ2n) is 5.60. The van der Waals surface area contributed by atoms with E-state index in [2.05, 4.69) is 30.9 Å². The third kappa shape index (κ3) is 3.19. The number of morpholine rings is 1. The lowest BCUT2D eigenvalue weighted by molar-refractivity contribution is 0.0375. The Balaban J connectivity index is 1.61. The molecular weight excluding hydrogens is 268 g/mol. The maximum Gasteiger partial charge on any atom is 0.0939 e. The lowest BCUT2D eigenvalue weighted by Crippen LogP contribution is -2.36. The van der Waals surface area contributed by atoms with Gasteiger partial charge in [0.2, 0.25) is 0 Å². The summed E-state index contributed by atoms with van der Waals surface area (Å²) in [7, 11) is 0. The van der Waals surface area contributed by atoms with Crippen LogP contribution in [0.5, 0.6) is 0 Å². The number of hydrogen-bond acceptors (Lipinski definition) is 4. The number of aromatic nitrogens is 1. The van der Waals surface area contributed by atoms with Crippen molar-refractivity contribution in [1.29, 1.82) is 0 Å². The van der Waals surface area contributed by atoms with Crippen LogP contribution < -0.4 is 0 Å². The third-order valence-corrected chi connectivity index (χ3v) is 5.10. The van der Waals surface area contributed by atoms with Crippen LogP contribution in [-0.4, -0.2) is 42.7 Å². The Kier molecular flexibility index (Phi) is 4.34. The van der Waals surface area contributed by atoms with Gasteiger partial charge in [-0.1, -0.05) is 6.07 Å². The molecule has 0 spiro atoms. The van der Waals surface area contributed by atoms with Crippen LogP contribution in [0.4, 0.5) is 0 Å². The molecule has 0 atom stereocenters. The number of benzene rings is 1. The molecule has 1 aromatic carbocycles. The Hall–Kier alpha value is -0.970. The van der Waals surface area contributed by atoms with E-state index in [1.807, 2.05) is 11.3 Å². The topological polar surface area (TPSA) is 25.4 Å². The first-order chi connectivity index (χ1) is 9.72. The molecule has 2 aromatic rings. The van der Waals surface area contributed by atoms with Gasteiger partial charge in [-0.2, -0.15) is 0 Å². The second-order valence-corrected chi connectivity index (χ2v) is 6.68. The first-order valence-electron chi connectivity index (χ1n) is 7.39. The van der Waals surface area contributed by atoms with Gasteiger partial charge < -0.3 is 4.74 Å². The summed E-state index contributed by atoms with van der Waals surface area (Å²) < 4.78 is 6.73. The van der Waals surface area contributed by atoms with Gasteiger partial charge in [-0.25, -0.2) is 4.98 Å². The van der Waals surface area contributed by atoms with Crippen molar-refractivity contribution in [2.24, 2.45) is 0 Å². The first kappa shape index (κ1) is 14.0. The number of ether oxygens (including phenoxy) is 1. The highest BCUT2D eigenvalue weighted by molar-refractivity contribution is 7.18. The molecule has 1 aromatic heterocycles. The van der Waals surface area contributed by atoms with Gasteiger partial charge in [0.1, 0.15) is 0 Å². The molecule has 0 N–H and O–H groups in total. The summed E-state index contributed by atoms with van der Waals surface area (Å²) >= 11 is 1.86. The van der Waals surface area contributed by atoms with Gasteiger partial charge >= 0.3 is 0 Å². The number of thiazole rings is 1. The molecule has 0 radical (unpaired) electrons. The molecule has 20 heavy (non-hydrogen) atoms. The quantitative estimate of drug-likeness (QED) is 0.865. The summed E-state index contributed by atoms with van der Waals surface area (Å²) in [5.74, 6) is 0. The molecule has 1 fully saturated rings. The van der Waals surface area contributed by atoms with Crippen LogP contribution in [0.1, 0.15) is 22.6 Å². The van der Waals surface area contributed by atoms with Crippen molar-refractivity contribution >= 4 is 21.6 Å². The Labute approximate surface area is 124 Å². The normalized spacial score (nSPS) is 16.9. The van der Waals surface area contributed by atoms with Crippen molar-refractivity contribution in [3.05, 3.63) is 28.3 Å². The Morgan fingerprint density at radius 1 is 1.25 bits per heavy atom. The zero-order valence-corrected chi connectivity index (χ0v) is 13.1. The fourth-order valence-electron chi connectivity index (χ4n) is 2.81. The van der Waals surface area contributed by atoms with E-state index in [4.69, 9.17) is 9.72 Å². The highest BCUT2D eigenvalue weighted by Crippen LogP contribution is 2.27. The highest BCUT2D eigenvalue weighted by Gasteiger charge is 2.11. The Morgan fingerprint density at radius 2 is 2.05 bits per heavy atom. The van der Waals surface area contributed by atoms with E-state index in [9.17, 15) is 0 Å². The number of aryl methyl sites for hydroxylation is 3. The van der Waals surface area contributed by atoms with Crippen LogP contribution >= 0.6 is 11.3 Å². The molecule has 0 amide bonds. The summed E-state index contributed by atoms with van der Waals surface area (Å²) in [6.07, 6.45) is 2.28. The first-order valence-corrected chi connectivity index (χ1v) is 8.21. The molecule has 4 heteroatoms. The van der Waals surface area contributed by atoms with Gasteiger partial charge in [-0.05, 0) is 44.0 Å². The summed E-state index contributed by atoms with van der Waals surface area (Å²) in [4.78, 5) is 7.28. The lowest BCUT2D eigenvalue weighted by Gasteiger charge is -2.26. The molecule has 1 aliphatic heterocycles. The zero-order chi connectivity index (χ0) is 13.9. The monoisotopic (exact) mass is 290 g/mol. The largest absolute Gasteiger partial charge is 0.379 e. The van der Waals surface area contributed by atoms with E-state index in [1.54, 1.807) is 0 Å². The van der Waals surface area contributed by atoms with Gasteiger partial charge in [-0.3, -0.25) is 4.90 Å². The molecule has 0 unspecified atom stereocenters. The molecular formula is C16H22N2OS. The minimum atomic E-state index is 0.889. The van der Waals surface area contributed by atoms with E-state index in [0.29, 0.717) is 0 Å². The zero-order valence-electron chi connectivity index (χ0n) is 12.3. The molecule has 1 aliphatic rings. The number of nitrogens with zero attached hydrogens (tertiary/aromatic N) is 2. The fraction of sp³-hybridized carbons (Fsp3) is 0.562. The van der Waals surface area contributed by atoms with E-state index < -0.39 is 0 Å². The Bertz CT molecular complexity index is 587. The number of hydrogen-bond donors (Lipinski definition) is 0. The number of rotatable bonds is 4. The van der Waals surface area contributed by atoms with E-state index in [0.717, 1.165) is 39.3 Å². The molecule has 2 heterocycles. The van der Waals surface area contributed by atoms with Crippen LogP contribution in [-0.2, 0) is 11.2 Å². The van der Waals surface area contributed by atoms with Crippen LogP contribution in [0.3, 0.4) is 0 Å². The van der Waals surface area contributed by atoms with Crippen LogP contribution in [0.25, 0.3) is 10.2 Å². The molecule has 3 nitrogen and oxygen atoms in total. The molecule has 0 saturated carbocycles. The molecule has 0 aliphatic carbocycles. The van der Waals surface area contributed by atoms with Crippen LogP contribution in [0, 0.1) is 13.8 Å². The molecule has 0 bridgehead atoms. The summed E-state index contributed by atoms with van der Waals surface area (Å²) in [5.41, 5.74) is 3.84. The van der Waals surface area contributed by atoms with E-state index in [-0.39, 0.29) is 0 Å². The average molecular weight is 290 g/mol. The Morgan fingerprint density at radius 3 is 2.85 bits per heavy atom. The SMILES string of the molecule is Cc1cc(C)c2sc(CCCN3CCOCC3)nc2c1.